The molecule has 5 heteroatoms. The predicted molar refractivity (Wildman–Crippen MR) is 63.4 cm³/mol. The Labute approximate surface area is 94.0 Å². The Morgan fingerprint density at radius 3 is 2.69 bits per heavy atom. The smallest absolute Gasteiger partial charge is 0.328 e. The molecular formula is C11H14N4O. The molecule has 0 unspecified atom stereocenters. The van der Waals surface area contributed by atoms with Gasteiger partial charge >= 0.3 is 6.03 Å². The number of carbonyl (C=O) groups is 1. The zero-order valence-electron chi connectivity index (χ0n) is 9.10. The summed E-state index contributed by atoms with van der Waals surface area (Å²) in [5.74, 6) is 0.282. The Bertz CT molecular complexity index is 424. The first kappa shape index (κ1) is 10.5. The van der Waals surface area contributed by atoms with Crippen molar-refractivity contribution in [1.82, 2.24) is 4.90 Å². The highest BCUT2D eigenvalue weighted by atomic mass is 16.2. The molecule has 0 aliphatic carbocycles. The second-order valence-electron chi connectivity index (χ2n) is 3.69. The number of hydrogen-bond acceptors (Lipinski definition) is 3. The van der Waals surface area contributed by atoms with Crippen molar-refractivity contribution >= 4 is 17.7 Å². The number of guanidine groups is 1. The lowest BCUT2D eigenvalue weighted by atomic mass is 10.2. The van der Waals surface area contributed by atoms with E-state index in [4.69, 9.17) is 5.73 Å². The largest absolute Gasteiger partial charge is 0.369 e. The van der Waals surface area contributed by atoms with E-state index in [9.17, 15) is 4.79 Å². The molecule has 3 N–H and O–H groups in total. The molecule has 0 aromatic heterocycles. The second-order valence-corrected chi connectivity index (χ2v) is 3.69. The summed E-state index contributed by atoms with van der Waals surface area (Å²) in [6.07, 6.45) is 0. The summed E-state index contributed by atoms with van der Waals surface area (Å²) in [6.45, 7) is 3.12. The van der Waals surface area contributed by atoms with E-state index in [0.717, 1.165) is 11.3 Å². The van der Waals surface area contributed by atoms with Crippen LogP contribution in [-0.2, 0) is 0 Å². The number of amides is 2. The van der Waals surface area contributed by atoms with Gasteiger partial charge in [0.1, 0.15) is 0 Å². The summed E-state index contributed by atoms with van der Waals surface area (Å²) in [6, 6.07) is 7.36. The van der Waals surface area contributed by atoms with Crippen molar-refractivity contribution in [3.63, 3.8) is 0 Å². The number of carbonyl (C=O) groups excluding carboxylic acids is 1. The molecular weight excluding hydrogens is 204 g/mol. The van der Waals surface area contributed by atoms with Gasteiger partial charge in [-0.05, 0) is 19.1 Å². The molecule has 1 aromatic carbocycles. The maximum absolute atomic E-state index is 11.8. The van der Waals surface area contributed by atoms with Crippen LogP contribution in [0.25, 0.3) is 0 Å². The Kier molecular flexibility index (Phi) is 2.76. The van der Waals surface area contributed by atoms with Crippen LogP contribution < -0.4 is 11.1 Å². The van der Waals surface area contributed by atoms with Crippen LogP contribution in [0.4, 0.5) is 10.5 Å². The molecule has 0 spiro atoms. The van der Waals surface area contributed by atoms with E-state index in [-0.39, 0.29) is 12.0 Å². The molecule has 0 atom stereocenters. The van der Waals surface area contributed by atoms with Gasteiger partial charge in [0.15, 0.2) is 5.96 Å². The average Bonchev–Trinajstić information content (AvgIpc) is 2.68. The third-order valence-corrected chi connectivity index (χ3v) is 2.42. The number of nitrogens with one attached hydrogen (secondary N) is 1. The molecule has 1 aliphatic rings. The highest BCUT2D eigenvalue weighted by Crippen LogP contribution is 2.10. The lowest BCUT2D eigenvalue weighted by Gasteiger charge is -2.16. The van der Waals surface area contributed by atoms with E-state index < -0.39 is 0 Å². The van der Waals surface area contributed by atoms with Gasteiger partial charge < -0.3 is 11.1 Å². The number of nitrogens with zero attached hydrogens (tertiary/aromatic N) is 2. The SMILES string of the molecule is Cc1ccc(NC(=O)N2CCN=C2N)cc1. The Morgan fingerprint density at radius 2 is 2.12 bits per heavy atom. The number of aryl methyl sites for hydroxylation is 1. The van der Waals surface area contributed by atoms with Gasteiger partial charge in [-0.3, -0.25) is 9.89 Å². The molecule has 0 saturated heterocycles. The summed E-state index contributed by atoms with van der Waals surface area (Å²) in [4.78, 5) is 17.1. The second kappa shape index (κ2) is 4.22. The molecule has 84 valence electrons. The van der Waals surface area contributed by atoms with Gasteiger partial charge in [-0.1, -0.05) is 17.7 Å². The minimum absolute atomic E-state index is 0.234. The molecule has 1 aliphatic heterocycles. The van der Waals surface area contributed by atoms with E-state index in [1.165, 1.54) is 4.90 Å². The van der Waals surface area contributed by atoms with Crippen LogP contribution in [-0.4, -0.2) is 30.0 Å². The summed E-state index contributed by atoms with van der Waals surface area (Å²) in [5.41, 5.74) is 7.49. The molecule has 2 rings (SSSR count). The summed E-state index contributed by atoms with van der Waals surface area (Å²) >= 11 is 0. The quantitative estimate of drug-likeness (QED) is 0.742. The van der Waals surface area contributed by atoms with Gasteiger partial charge in [0, 0.05) is 5.69 Å². The van der Waals surface area contributed by atoms with Gasteiger partial charge in [-0.25, -0.2) is 4.79 Å². The molecule has 5 nitrogen and oxygen atoms in total. The lowest BCUT2D eigenvalue weighted by molar-refractivity contribution is 0.236. The Balaban J connectivity index is 2.02. The van der Waals surface area contributed by atoms with Crippen LogP contribution in [0, 0.1) is 6.92 Å². The molecule has 0 radical (unpaired) electrons. The third kappa shape index (κ3) is 2.13. The minimum Gasteiger partial charge on any atom is -0.369 e. The molecule has 0 saturated carbocycles. The third-order valence-electron chi connectivity index (χ3n) is 2.42. The van der Waals surface area contributed by atoms with Gasteiger partial charge in [-0.2, -0.15) is 0 Å². The van der Waals surface area contributed by atoms with E-state index in [2.05, 4.69) is 10.3 Å². The number of rotatable bonds is 1. The Morgan fingerprint density at radius 1 is 1.44 bits per heavy atom. The van der Waals surface area contributed by atoms with Gasteiger partial charge in [0.25, 0.3) is 0 Å². The van der Waals surface area contributed by atoms with E-state index in [1.807, 2.05) is 31.2 Å². The fourth-order valence-electron chi connectivity index (χ4n) is 1.50. The summed E-state index contributed by atoms with van der Waals surface area (Å²) in [5, 5.41) is 2.77. The first-order chi connectivity index (χ1) is 7.66. The average molecular weight is 218 g/mol. The molecule has 16 heavy (non-hydrogen) atoms. The van der Waals surface area contributed by atoms with Crippen molar-refractivity contribution in [3.05, 3.63) is 29.8 Å². The monoisotopic (exact) mass is 218 g/mol. The summed E-state index contributed by atoms with van der Waals surface area (Å²) in [7, 11) is 0. The maximum Gasteiger partial charge on any atom is 0.328 e. The standard InChI is InChI=1S/C11H14N4O/c1-8-2-4-9(5-3-8)14-11(16)15-7-6-13-10(15)12/h2-5H,6-7H2,1H3,(H2,12,13)(H,14,16). The van der Waals surface area contributed by atoms with Crippen LogP contribution in [0.5, 0.6) is 0 Å². The van der Waals surface area contributed by atoms with E-state index >= 15 is 0 Å². The molecule has 2 amide bonds. The maximum atomic E-state index is 11.8. The highest BCUT2D eigenvalue weighted by molar-refractivity contribution is 6.02. The lowest BCUT2D eigenvalue weighted by Crippen LogP contribution is -2.41. The van der Waals surface area contributed by atoms with Crippen LogP contribution in [0.3, 0.4) is 0 Å². The van der Waals surface area contributed by atoms with Crippen molar-refractivity contribution in [2.75, 3.05) is 18.4 Å². The molecule has 1 heterocycles. The molecule has 0 fully saturated rings. The van der Waals surface area contributed by atoms with Crippen LogP contribution in [0.15, 0.2) is 29.3 Å². The van der Waals surface area contributed by atoms with Crippen molar-refractivity contribution in [2.45, 2.75) is 6.92 Å². The normalized spacial score (nSPS) is 14.8. The first-order valence-electron chi connectivity index (χ1n) is 5.12. The predicted octanol–water partition coefficient (Wildman–Crippen LogP) is 1.16. The number of benzene rings is 1. The number of nitrogens with two attached hydrogens (primary N) is 1. The number of anilines is 1. The minimum atomic E-state index is -0.234. The van der Waals surface area contributed by atoms with Crippen LogP contribution in [0.2, 0.25) is 0 Å². The van der Waals surface area contributed by atoms with Gasteiger partial charge in [0.05, 0.1) is 13.1 Å². The Hall–Kier alpha value is -2.04. The molecule has 1 aromatic rings. The number of urea groups is 1. The topological polar surface area (TPSA) is 70.7 Å². The van der Waals surface area contributed by atoms with Crippen LogP contribution in [0.1, 0.15) is 5.56 Å². The zero-order valence-corrected chi connectivity index (χ0v) is 9.10. The van der Waals surface area contributed by atoms with Crippen molar-refractivity contribution in [3.8, 4) is 0 Å². The van der Waals surface area contributed by atoms with Gasteiger partial charge in [0.2, 0.25) is 0 Å². The zero-order chi connectivity index (χ0) is 11.5. The van der Waals surface area contributed by atoms with Crippen molar-refractivity contribution in [2.24, 2.45) is 10.7 Å². The fraction of sp³-hybridized carbons (Fsp3) is 0.273. The summed E-state index contributed by atoms with van der Waals surface area (Å²) < 4.78 is 0. The first-order valence-corrected chi connectivity index (χ1v) is 5.12. The highest BCUT2D eigenvalue weighted by Gasteiger charge is 2.20. The number of aliphatic imine (C=N–C) groups is 1. The number of hydrogen-bond donors (Lipinski definition) is 2. The van der Waals surface area contributed by atoms with E-state index in [1.54, 1.807) is 0 Å². The molecule has 0 bridgehead atoms. The van der Waals surface area contributed by atoms with Crippen molar-refractivity contribution < 1.29 is 4.79 Å². The van der Waals surface area contributed by atoms with E-state index in [0.29, 0.717) is 13.1 Å². The van der Waals surface area contributed by atoms with Crippen LogP contribution >= 0.6 is 0 Å². The van der Waals surface area contributed by atoms with Crippen molar-refractivity contribution in [1.29, 1.82) is 0 Å². The van der Waals surface area contributed by atoms with Gasteiger partial charge in [-0.15, -0.1) is 0 Å². The fourth-order valence-corrected chi connectivity index (χ4v) is 1.50.